The summed E-state index contributed by atoms with van der Waals surface area (Å²) in [5.41, 5.74) is 1.23. The number of amides is 1. The van der Waals surface area contributed by atoms with Crippen LogP contribution >= 0.6 is 0 Å². The molecule has 0 bridgehead atoms. The highest BCUT2D eigenvalue weighted by Crippen LogP contribution is 2.24. The number of carbonyl (C=O) groups excluding carboxylic acids is 1. The quantitative estimate of drug-likeness (QED) is 0.737. The molecule has 25 heavy (non-hydrogen) atoms. The Labute approximate surface area is 145 Å². The molecule has 1 aliphatic rings. The minimum Gasteiger partial charge on any atom is -0.443 e. The number of rotatable bonds is 3. The highest BCUT2D eigenvalue weighted by molar-refractivity contribution is 5.97. The van der Waals surface area contributed by atoms with Gasteiger partial charge in [-0.05, 0) is 12.1 Å². The SMILES string of the molecule is O=C(c1ncoc1-c1ccccc1)N1CCN(c2ccccn2)CC1. The van der Waals surface area contributed by atoms with Crippen LogP contribution in [0, 0.1) is 0 Å². The summed E-state index contributed by atoms with van der Waals surface area (Å²) in [4.78, 5) is 25.4. The normalized spacial score (nSPS) is 14.6. The zero-order valence-corrected chi connectivity index (χ0v) is 13.7. The van der Waals surface area contributed by atoms with Crippen molar-refractivity contribution < 1.29 is 9.21 Å². The van der Waals surface area contributed by atoms with Crippen LogP contribution in [-0.4, -0.2) is 47.0 Å². The van der Waals surface area contributed by atoms with Crippen LogP contribution in [0.3, 0.4) is 0 Å². The lowest BCUT2D eigenvalue weighted by Gasteiger charge is -2.35. The minimum atomic E-state index is -0.0896. The monoisotopic (exact) mass is 334 g/mol. The second kappa shape index (κ2) is 6.76. The van der Waals surface area contributed by atoms with Gasteiger partial charge in [-0.25, -0.2) is 9.97 Å². The summed E-state index contributed by atoms with van der Waals surface area (Å²) in [7, 11) is 0. The average molecular weight is 334 g/mol. The zero-order valence-electron chi connectivity index (χ0n) is 13.7. The number of piperazine rings is 1. The maximum absolute atomic E-state index is 12.9. The molecular formula is C19H18N4O2. The Morgan fingerprint density at radius 2 is 1.68 bits per heavy atom. The van der Waals surface area contributed by atoms with Crippen molar-refractivity contribution in [2.45, 2.75) is 0 Å². The standard InChI is InChI=1S/C19H18N4O2/c24-19(17-18(25-14-21-17)15-6-2-1-3-7-15)23-12-10-22(11-13-23)16-8-4-5-9-20-16/h1-9,14H,10-13H2. The van der Waals surface area contributed by atoms with Crippen LogP contribution in [0.15, 0.2) is 65.5 Å². The summed E-state index contributed by atoms with van der Waals surface area (Å²) < 4.78 is 5.47. The highest BCUT2D eigenvalue weighted by Gasteiger charge is 2.27. The van der Waals surface area contributed by atoms with Crippen LogP contribution in [0.1, 0.15) is 10.5 Å². The fourth-order valence-corrected chi connectivity index (χ4v) is 3.02. The van der Waals surface area contributed by atoms with Gasteiger partial charge in [0.15, 0.2) is 17.8 Å². The highest BCUT2D eigenvalue weighted by atomic mass is 16.3. The van der Waals surface area contributed by atoms with Gasteiger partial charge in [0.05, 0.1) is 0 Å². The van der Waals surface area contributed by atoms with E-state index in [4.69, 9.17) is 4.42 Å². The topological polar surface area (TPSA) is 62.5 Å². The van der Waals surface area contributed by atoms with Crippen molar-refractivity contribution in [2.24, 2.45) is 0 Å². The van der Waals surface area contributed by atoms with Gasteiger partial charge in [0, 0.05) is 37.9 Å². The van der Waals surface area contributed by atoms with E-state index >= 15 is 0 Å². The Morgan fingerprint density at radius 1 is 0.920 bits per heavy atom. The fraction of sp³-hybridized carbons (Fsp3) is 0.211. The number of anilines is 1. The number of carbonyl (C=O) groups is 1. The van der Waals surface area contributed by atoms with Gasteiger partial charge in [-0.15, -0.1) is 0 Å². The summed E-state index contributed by atoms with van der Waals surface area (Å²) in [6.45, 7) is 2.77. The smallest absolute Gasteiger partial charge is 0.276 e. The van der Waals surface area contributed by atoms with Crippen LogP contribution in [0.25, 0.3) is 11.3 Å². The summed E-state index contributed by atoms with van der Waals surface area (Å²) in [6.07, 6.45) is 3.12. The average Bonchev–Trinajstić information content (AvgIpc) is 3.19. The Kier molecular flexibility index (Phi) is 4.16. The molecular weight excluding hydrogens is 316 g/mol. The predicted octanol–water partition coefficient (Wildman–Crippen LogP) is 2.70. The lowest BCUT2D eigenvalue weighted by Crippen LogP contribution is -2.49. The number of aromatic nitrogens is 2. The molecule has 1 amide bonds. The van der Waals surface area contributed by atoms with Gasteiger partial charge in [-0.3, -0.25) is 4.79 Å². The van der Waals surface area contributed by atoms with Crippen LogP contribution in [-0.2, 0) is 0 Å². The van der Waals surface area contributed by atoms with E-state index in [0.717, 1.165) is 24.5 Å². The Hall–Kier alpha value is -3.15. The Bertz CT molecular complexity index is 840. The maximum Gasteiger partial charge on any atom is 0.276 e. The molecule has 126 valence electrons. The van der Waals surface area contributed by atoms with Crippen LogP contribution in [0.2, 0.25) is 0 Å². The van der Waals surface area contributed by atoms with Crippen molar-refractivity contribution in [3.05, 3.63) is 66.8 Å². The van der Waals surface area contributed by atoms with Crippen molar-refractivity contribution >= 4 is 11.7 Å². The lowest BCUT2D eigenvalue weighted by molar-refractivity contribution is 0.0741. The number of benzene rings is 1. The van der Waals surface area contributed by atoms with Gasteiger partial charge in [0.25, 0.3) is 5.91 Å². The van der Waals surface area contributed by atoms with E-state index in [2.05, 4.69) is 14.9 Å². The van der Waals surface area contributed by atoms with E-state index in [9.17, 15) is 4.79 Å². The molecule has 6 heteroatoms. The molecule has 3 heterocycles. The number of pyridine rings is 1. The zero-order chi connectivity index (χ0) is 17.1. The van der Waals surface area contributed by atoms with E-state index in [-0.39, 0.29) is 5.91 Å². The molecule has 0 saturated carbocycles. The van der Waals surface area contributed by atoms with E-state index in [1.54, 1.807) is 6.20 Å². The molecule has 0 radical (unpaired) electrons. The molecule has 3 aromatic rings. The van der Waals surface area contributed by atoms with Crippen molar-refractivity contribution in [3.8, 4) is 11.3 Å². The van der Waals surface area contributed by atoms with Gasteiger partial charge >= 0.3 is 0 Å². The van der Waals surface area contributed by atoms with E-state index in [1.807, 2.05) is 53.4 Å². The molecule has 2 aromatic heterocycles. The molecule has 1 saturated heterocycles. The minimum absolute atomic E-state index is 0.0896. The first-order chi connectivity index (χ1) is 12.3. The van der Waals surface area contributed by atoms with E-state index in [1.165, 1.54) is 6.39 Å². The number of hydrogen-bond donors (Lipinski definition) is 0. The van der Waals surface area contributed by atoms with Gasteiger partial charge in [-0.1, -0.05) is 36.4 Å². The first-order valence-corrected chi connectivity index (χ1v) is 8.27. The summed E-state index contributed by atoms with van der Waals surface area (Å²) in [5.74, 6) is 1.38. The molecule has 1 fully saturated rings. The number of hydrogen-bond acceptors (Lipinski definition) is 5. The molecule has 0 aliphatic carbocycles. The van der Waals surface area contributed by atoms with Gasteiger partial charge in [0.2, 0.25) is 0 Å². The van der Waals surface area contributed by atoms with Gasteiger partial charge in [0.1, 0.15) is 5.82 Å². The fourth-order valence-electron chi connectivity index (χ4n) is 3.02. The molecule has 1 aromatic carbocycles. The second-order valence-electron chi connectivity index (χ2n) is 5.86. The third kappa shape index (κ3) is 3.10. The van der Waals surface area contributed by atoms with Crippen LogP contribution < -0.4 is 4.90 Å². The molecule has 0 unspecified atom stereocenters. The Balaban J connectivity index is 1.48. The molecule has 0 N–H and O–H groups in total. The summed E-state index contributed by atoms with van der Waals surface area (Å²) >= 11 is 0. The van der Waals surface area contributed by atoms with Crippen molar-refractivity contribution in [1.29, 1.82) is 0 Å². The second-order valence-corrected chi connectivity index (χ2v) is 5.86. The number of nitrogens with zero attached hydrogens (tertiary/aromatic N) is 4. The predicted molar refractivity (Wildman–Crippen MR) is 94.3 cm³/mol. The molecule has 0 spiro atoms. The van der Waals surface area contributed by atoms with E-state index < -0.39 is 0 Å². The lowest BCUT2D eigenvalue weighted by atomic mass is 10.1. The van der Waals surface area contributed by atoms with Crippen LogP contribution in [0.5, 0.6) is 0 Å². The summed E-state index contributed by atoms with van der Waals surface area (Å²) in [6, 6.07) is 15.4. The largest absolute Gasteiger partial charge is 0.443 e. The maximum atomic E-state index is 12.9. The third-order valence-electron chi connectivity index (χ3n) is 4.35. The first-order valence-electron chi connectivity index (χ1n) is 8.27. The molecule has 4 rings (SSSR count). The van der Waals surface area contributed by atoms with Crippen molar-refractivity contribution in [1.82, 2.24) is 14.9 Å². The molecule has 6 nitrogen and oxygen atoms in total. The van der Waals surface area contributed by atoms with Gasteiger partial charge < -0.3 is 14.2 Å². The number of oxazole rings is 1. The first kappa shape index (κ1) is 15.4. The molecule has 1 aliphatic heterocycles. The van der Waals surface area contributed by atoms with E-state index in [0.29, 0.717) is 24.5 Å². The van der Waals surface area contributed by atoms with Gasteiger partial charge in [-0.2, -0.15) is 0 Å². The summed E-state index contributed by atoms with van der Waals surface area (Å²) in [5, 5.41) is 0. The third-order valence-corrected chi connectivity index (χ3v) is 4.35. The van der Waals surface area contributed by atoms with Crippen molar-refractivity contribution in [2.75, 3.05) is 31.1 Å². The van der Waals surface area contributed by atoms with Crippen LogP contribution in [0.4, 0.5) is 5.82 Å². The Morgan fingerprint density at radius 3 is 2.40 bits per heavy atom. The van der Waals surface area contributed by atoms with Crippen molar-refractivity contribution in [3.63, 3.8) is 0 Å². The molecule has 0 atom stereocenters.